The number of piperazine rings is 1. The van der Waals surface area contributed by atoms with E-state index in [1.165, 1.54) is 0 Å². The molecule has 0 radical (unpaired) electrons. The van der Waals surface area contributed by atoms with Gasteiger partial charge in [-0.15, -0.1) is 0 Å². The SMILES string of the molecule is COc1ccccc1N1CCN(C(=O)CCNc2ccc3c(c2)OCCO3)CC1. The molecule has 0 bridgehead atoms. The van der Waals surface area contributed by atoms with Gasteiger partial charge in [0.15, 0.2) is 11.5 Å². The van der Waals surface area contributed by atoms with Gasteiger partial charge in [0, 0.05) is 50.9 Å². The average molecular weight is 397 g/mol. The van der Waals surface area contributed by atoms with Crippen LogP contribution in [0.2, 0.25) is 0 Å². The predicted molar refractivity (Wildman–Crippen MR) is 112 cm³/mol. The van der Waals surface area contributed by atoms with Gasteiger partial charge >= 0.3 is 0 Å². The Kier molecular flexibility index (Phi) is 5.93. The van der Waals surface area contributed by atoms with E-state index in [1.54, 1.807) is 7.11 Å². The number of rotatable bonds is 6. The van der Waals surface area contributed by atoms with Gasteiger partial charge in [0.2, 0.25) is 5.91 Å². The monoisotopic (exact) mass is 397 g/mol. The third kappa shape index (κ3) is 4.50. The summed E-state index contributed by atoms with van der Waals surface area (Å²) in [6.45, 7) is 4.80. The molecule has 1 N–H and O–H groups in total. The number of anilines is 2. The van der Waals surface area contributed by atoms with E-state index >= 15 is 0 Å². The molecule has 154 valence electrons. The van der Waals surface area contributed by atoms with Crippen LogP contribution in [0.4, 0.5) is 11.4 Å². The number of carbonyl (C=O) groups is 1. The fraction of sp³-hybridized carbons (Fsp3) is 0.409. The number of nitrogens with zero attached hydrogens (tertiary/aromatic N) is 2. The van der Waals surface area contributed by atoms with Gasteiger partial charge in [0.25, 0.3) is 0 Å². The Morgan fingerprint density at radius 3 is 2.59 bits per heavy atom. The van der Waals surface area contributed by atoms with Crippen LogP contribution in [0.5, 0.6) is 17.2 Å². The average Bonchev–Trinajstić information content (AvgIpc) is 2.79. The van der Waals surface area contributed by atoms with Crippen molar-refractivity contribution in [1.82, 2.24) is 4.90 Å². The molecule has 2 aromatic rings. The number of hydrogen-bond acceptors (Lipinski definition) is 6. The lowest BCUT2D eigenvalue weighted by Gasteiger charge is -2.36. The summed E-state index contributed by atoms with van der Waals surface area (Å²) in [7, 11) is 1.69. The summed E-state index contributed by atoms with van der Waals surface area (Å²) < 4.78 is 16.6. The first kappa shape index (κ1) is 19.2. The quantitative estimate of drug-likeness (QED) is 0.809. The van der Waals surface area contributed by atoms with Gasteiger partial charge in [-0.2, -0.15) is 0 Å². The summed E-state index contributed by atoms with van der Waals surface area (Å²) in [6, 6.07) is 13.8. The molecule has 1 amide bonds. The van der Waals surface area contributed by atoms with Crippen molar-refractivity contribution in [2.24, 2.45) is 0 Å². The summed E-state index contributed by atoms with van der Waals surface area (Å²) in [5.74, 6) is 2.57. The van der Waals surface area contributed by atoms with E-state index in [-0.39, 0.29) is 5.91 Å². The first-order valence-corrected chi connectivity index (χ1v) is 10.0. The Hall–Kier alpha value is -3.09. The fourth-order valence-corrected chi connectivity index (χ4v) is 3.71. The second kappa shape index (κ2) is 8.94. The minimum atomic E-state index is 0.176. The molecule has 7 heteroatoms. The molecule has 29 heavy (non-hydrogen) atoms. The van der Waals surface area contributed by atoms with Crippen molar-refractivity contribution in [1.29, 1.82) is 0 Å². The number of methoxy groups -OCH3 is 1. The van der Waals surface area contributed by atoms with Gasteiger partial charge in [0.1, 0.15) is 19.0 Å². The molecule has 1 saturated heterocycles. The molecule has 0 unspecified atom stereocenters. The van der Waals surface area contributed by atoms with Crippen LogP contribution in [0.15, 0.2) is 42.5 Å². The van der Waals surface area contributed by atoms with Crippen LogP contribution in [0.3, 0.4) is 0 Å². The van der Waals surface area contributed by atoms with Crippen LogP contribution < -0.4 is 24.4 Å². The number of nitrogens with one attached hydrogen (secondary N) is 1. The van der Waals surface area contributed by atoms with Crippen molar-refractivity contribution in [3.8, 4) is 17.2 Å². The summed E-state index contributed by atoms with van der Waals surface area (Å²) in [4.78, 5) is 16.8. The van der Waals surface area contributed by atoms with Crippen LogP contribution in [0.1, 0.15) is 6.42 Å². The van der Waals surface area contributed by atoms with Crippen molar-refractivity contribution >= 4 is 17.3 Å². The van der Waals surface area contributed by atoms with Crippen molar-refractivity contribution < 1.29 is 19.0 Å². The third-order valence-electron chi connectivity index (χ3n) is 5.27. The maximum atomic E-state index is 12.6. The van der Waals surface area contributed by atoms with E-state index < -0.39 is 0 Å². The Bertz CT molecular complexity index is 850. The predicted octanol–water partition coefficient (Wildman–Crippen LogP) is 2.62. The normalized spacial score (nSPS) is 15.8. The maximum absolute atomic E-state index is 12.6. The van der Waals surface area contributed by atoms with Crippen LogP contribution in [0, 0.1) is 0 Å². The van der Waals surface area contributed by atoms with Gasteiger partial charge < -0.3 is 29.3 Å². The number of benzene rings is 2. The Morgan fingerprint density at radius 1 is 1.03 bits per heavy atom. The highest BCUT2D eigenvalue weighted by molar-refractivity contribution is 5.77. The lowest BCUT2D eigenvalue weighted by Crippen LogP contribution is -2.49. The molecule has 2 heterocycles. The fourth-order valence-electron chi connectivity index (χ4n) is 3.71. The smallest absolute Gasteiger partial charge is 0.224 e. The largest absolute Gasteiger partial charge is 0.495 e. The van der Waals surface area contributed by atoms with E-state index in [0.717, 1.165) is 54.8 Å². The number of carbonyl (C=O) groups excluding carboxylic acids is 1. The van der Waals surface area contributed by atoms with Crippen molar-refractivity contribution in [3.05, 3.63) is 42.5 Å². The number of amides is 1. The van der Waals surface area contributed by atoms with Gasteiger partial charge in [-0.1, -0.05) is 12.1 Å². The lowest BCUT2D eigenvalue weighted by molar-refractivity contribution is -0.131. The van der Waals surface area contributed by atoms with Crippen LogP contribution in [-0.2, 0) is 4.79 Å². The molecule has 0 aliphatic carbocycles. The molecule has 0 saturated carbocycles. The molecule has 4 rings (SSSR count). The summed E-state index contributed by atoms with van der Waals surface area (Å²) in [5, 5.41) is 3.30. The van der Waals surface area contributed by atoms with Gasteiger partial charge in [-0.05, 0) is 24.3 Å². The molecule has 2 aliphatic rings. The van der Waals surface area contributed by atoms with E-state index in [0.29, 0.717) is 26.2 Å². The minimum absolute atomic E-state index is 0.176. The number of para-hydroxylation sites is 2. The molecule has 0 atom stereocenters. The number of hydrogen-bond donors (Lipinski definition) is 1. The van der Waals surface area contributed by atoms with Gasteiger partial charge in [-0.25, -0.2) is 0 Å². The maximum Gasteiger partial charge on any atom is 0.224 e. The second-order valence-electron chi connectivity index (χ2n) is 7.07. The molecular formula is C22H27N3O4. The zero-order valence-electron chi connectivity index (χ0n) is 16.7. The minimum Gasteiger partial charge on any atom is -0.495 e. The molecule has 2 aliphatic heterocycles. The van der Waals surface area contributed by atoms with E-state index in [4.69, 9.17) is 14.2 Å². The molecule has 7 nitrogen and oxygen atoms in total. The number of fused-ring (bicyclic) bond motifs is 1. The molecule has 0 spiro atoms. The highest BCUT2D eigenvalue weighted by Gasteiger charge is 2.22. The van der Waals surface area contributed by atoms with Crippen molar-refractivity contribution in [2.45, 2.75) is 6.42 Å². The van der Waals surface area contributed by atoms with Gasteiger partial charge in [-0.3, -0.25) is 4.79 Å². The zero-order chi connectivity index (χ0) is 20.1. The summed E-state index contributed by atoms with van der Waals surface area (Å²) in [6.07, 6.45) is 0.461. The number of ether oxygens (including phenoxy) is 3. The Balaban J connectivity index is 1.24. The lowest BCUT2D eigenvalue weighted by atomic mass is 10.2. The molecule has 2 aromatic carbocycles. The summed E-state index contributed by atoms with van der Waals surface area (Å²) >= 11 is 0. The van der Waals surface area contributed by atoms with Crippen LogP contribution in [0.25, 0.3) is 0 Å². The standard InChI is InChI=1S/C22H27N3O4/c1-27-19-5-3-2-4-18(19)24-10-12-25(13-11-24)22(26)8-9-23-17-6-7-20-21(16-17)29-15-14-28-20/h2-7,16,23H,8-15H2,1H3. The second-order valence-corrected chi connectivity index (χ2v) is 7.07. The third-order valence-corrected chi connectivity index (χ3v) is 5.27. The van der Waals surface area contributed by atoms with E-state index in [9.17, 15) is 4.79 Å². The highest BCUT2D eigenvalue weighted by atomic mass is 16.6. The molecular weight excluding hydrogens is 370 g/mol. The molecule has 1 fully saturated rings. The highest BCUT2D eigenvalue weighted by Crippen LogP contribution is 2.32. The van der Waals surface area contributed by atoms with Crippen LogP contribution in [-0.4, -0.2) is 63.9 Å². The first-order valence-electron chi connectivity index (χ1n) is 10.0. The topological polar surface area (TPSA) is 63.3 Å². The zero-order valence-corrected chi connectivity index (χ0v) is 16.7. The Labute approximate surface area is 171 Å². The van der Waals surface area contributed by atoms with Gasteiger partial charge in [0.05, 0.1) is 12.8 Å². The molecule has 0 aromatic heterocycles. The first-order chi connectivity index (χ1) is 14.2. The van der Waals surface area contributed by atoms with Crippen molar-refractivity contribution in [2.75, 3.05) is 63.3 Å². The van der Waals surface area contributed by atoms with Crippen LogP contribution >= 0.6 is 0 Å². The van der Waals surface area contributed by atoms with E-state index in [2.05, 4.69) is 16.3 Å². The van der Waals surface area contributed by atoms with E-state index in [1.807, 2.05) is 41.3 Å². The Morgan fingerprint density at radius 2 is 1.79 bits per heavy atom. The summed E-state index contributed by atoms with van der Waals surface area (Å²) in [5.41, 5.74) is 2.02. The van der Waals surface area contributed by atoms with Crippen molar-refractivity contribution in [3.63, 3.8) is 0 Å².